The number of carbonyl (C=O) groups excluding carboxylic acids is 1. The Morgan fingerprint density at radius 1 is 1.13 bits per heavy atom. The van der Waals surface area contributed by atoms with Gasteiger partial charge in [-0.2, -0.15) is 0 Å². The summed E-state index contributed by atoms with van der Waals surface area (Å²) in [4.78, 5) is 31.4. The average Bonchev–Trinajstić information content (AvgIpc) is 3.52. The predicted molar refractivity (Wildman–Crippen MR) is 149 cm³/mol. The third-order valence-corrected chi connectivity index (χ3v) is 10.2. The zero-order valence-corrected chi connectivity index (χ0v) is 23.3. The fourth-order valence-electron chi connectivity index (χ4n) is 6.09. The van der Waals surface area contributed by atoms with E-state index in [-0.39, 0.29) is 22.4 Å². The number of para-hydroxylation sites is 1. The van der Waals surface area contributed by atoms with Crippen molar-refractivity contribution in [2.24, 2.45) is 22.9 Å². The van der Waals surface area contributed by atoms with Gasteiger partial charge in [0.2, 0.25) is 15.9 Å². The Morgan fingerprint density at radius 2 is 1.87 bits per heavy atom. The normalized spacial score (nSPS) is 22.4. The summed E-state index contributed by atoms with van der Waals surface area (Å²) in [6.45, 7) is 4.31. The number of benzene rings is 2. The van der Waals surface area contributed by atoms with E-state index in [9.17, 15) is 18.0 Å². The number of aromatic nitrogens is 2. The van der Waals surface area contributed by atoms with Crippen molar-refractivity contribution in [1.29, 1.82) is 0 Å². The number of hydrogen-bond acceptors (Lipinski definition) is 6. The summed E-state index contributed by atoms with van der Waals surface area (Å²) in [6.07, 6.45) is 5.60. The van der Waals surface area contributed by atoms with Crippen LogP contribution in [0.1, 0.15) is 45.1 Å². The Hall–Kier alpha value is -2.69. The lowest BCUT2D eigenvalue weighted by atomic mass is 9.84. The summed E-state index contributed by atoms with van der Waals surface area (Å²) >= 11 is 1.29. The van der Waals surface area contributed by atoms with Crippen LogP contribution in [0.2, 0.25) is 0 Å². The molecule has 0 saturated heterocycles. The second kappa shape index (κ2) is 10.8. The molecule has 5 rings (SSSR count). The van der Waals surface area contributed by atoms with Crippen LogP contribution in [0, 0.1) is 17.8 Å². The van der Waals surface area contributed by atoms with Crippen molar-refractivity contribution in [3.63, 3.8) is 0 Å². The van der Waals surface area contributed by atoms with Crippen molar-refractivity contribution in [1.82, 2.24) is 14.9 Å². The maximum absolute atomic E-state index is 13.4. The van der Waals surface area contributed by atoms with Gasteiger partial charge in [0.15, 0.2) is 5.16 Å². The molecule has 1 heterocycles. The molecule has 5 atom stereocenters. The Bertz CT molecular complexity index is 1500. The molecule has 2 aliphatic rings. The summed E-state index contributed by atoms with van der Waals surface area (Å²) in [5.74, 6) is 2.05. The van der Waals surface area contributed by atoms with Gasteiger partial charge in [0.25, 0.3) is 5.56 Å². The van der Waals surface area contributed by atoms with E-state index in [1.165, 1.54) is 49.6 Å². The zero-order valence-electron chi connectivity index (χ0n) is 21.7. The van der Waals surface area contributed by atoms with Gasteiger partial charge in [0, 0.05) is 12.6 Å². The molecule has 3 aromatic rings. The number of nitrogens with one attached hydrogen (secondary N) is 1. The SMILES string of the molecule is C[C@@H](Sc1nc2ccccc2c(=O)n1CCc1ccc(S(N)(=O)=O)cc1)C(=O)N[C@H](C)[C@@H]1C[C@@H]2CC[C@@H]1C2. The Balaban J connectivity index is 1.33. The van der Waals surface area contributed by atoms with Crippen LogP contribution in [0.5, 0.6) is 0 Å². The standard InChI is InChI=1S/C28H34N4O4S2/c1-17(24-16-20-7-10-21(24)15-20)30-26(33)18(2)37-28-31-25-6-4-3-5-23(25)27(34)32(28)14-13-19-8-11-22(12-9-19)38(29,35)36/h3-6,8-9,11-12,17-18,20-21,24H,7,10,13-16H2,1-2H3,(H,30,33)(H2,29,35,36)/t17-,18-,20-,21-,24+/m1/s1. The molecule has 38 heavy (non-hydrogen) atoms. The number of primary sulfonamides is 1. The Labute approximate surface area is 227 Å². The van der Waals surface area contributed by atoms with Gasteiger partial charge in [0.05, 0.1) is 21.0 Å². The van der Waals surface area contributed by atoms with Crippen LogP contribution in [0.25, 0.3) is 10.9 Å². The number of fused-ring (bicyclic) bond motifs is 3. The minimum Gasteiger partial charge on any atom is -0.352 e. The molecule has 0 unspecified atom stereocenters. The molecule has 3 N–H and O–H groups in total. The van der Waals surface area contributed by atoms with Crippen molar-refractivity contribution in [2.45, 2.75) is 73.8 Å². The third kappa shape index (κ3) is 5.67. The Kier molecular flexibility index (Phi) is 7.66. The van der Waals surface area contributed by atoms with Crippen LogP contribution in [0.15, 0.2) is 63.4 Å². The number of amides is 1. The molecule has 0 radical (unpaired) electrons. The third-order valence-electron chi connectivity index (χ3n) is 8.16. The number of sulfonamides is 1. The molecule has 1 amide bonds. The number of aryl methyl sites for hydroxylation is 1. The van der Waals surface area contributed by atoms with Gasteiger partial charge >= 0.3 is 0 Å². The molecule has 2 aromatic carbocycles. The molecule has 2 aliphatic carbocycles. The molecule has 0 spiro atoms. The first-order valence-corrected chi connectivity index (χ1v) is 15.6. The lowest BCUT2D eigenvalue weighted by Gasteiger charge is -2.29. The molecule has 0 aliphatic heterocycles. The van der Waals surface area contributed by atoms with Gasteiger partial charge in [-0.1, -0.05) is 42.4 Å². The monoisotopic (exact) mass is 554 g/mol. The van der Waals surface area contributed by atoms with Crippen LogP contribution in [0.3, 0.4) is 0 Å². The van der Waals surface area contributed by atoms with Crippen LogP contribution in [-0.2, 0) is 27.8 Å². The van der Waals surface area contributed by atoms with Gasteiger partial charge in [-0.15, -0.1) is 0 Å². The van der Waals surface area contributed by atoms with Crippen LogP contribution < -0.4 is 16.0 Å². The molecular formula is C28H34N4O4S2. The molecule has 2 fully saturated rings. The van der Waals surface area contributed by atoms with Gasteiger partial charge < -0.3 is 5.32 Å². The van der Waals surface area contributed by atoms with E-state index in [0.29, 0.717) is 34.9 Å². The second-order valence-electron chi connectivity index (χ2n) is 10.7. The van der Waals surface area contributed by atoms with E-state index in [4.69, 9.17) is 10.1 Å². The van der Waals surface area contributed by atoms with E-state index >= 15 is 0 Å². The van der Waals surface area contributed by atoms with Crippen molar-refractivity contribution < 1.29 is 13.2 Å². The van der Waals surface area contributed by atoms with Gasteiger partial charge in [0.1, 0.15) is 0 Å². The van der Waals surface area contributed by atoms with Crippen LogP contribution in [-0.4, -0.2) is 35.2 Å². The van der Waals surface area contributed by atoms with Gasteiger partial charge in [-0.25, -0.2) is 18.5 Å². The smallest absolute Gasteiger partial charge is 0.262 e. The van der Waals surface area contributed by atoms with Crippen molar-refractivity contribution in [3.8, 4) is 0 Å². The molecule has 2 bridgehead atoms. The molecule has 8 nitrogen and oxygen atoms in total. The highest BCUT2D eigenvalue weighted by Gasteiger charge is 2.42. The number of hydrogen-bond donors (Lipinski definition) is 2. The first kappa shape index (κ1) is 26.9. The van der Waals surface area contributed by atoms with Crippen molar-refractivity contribution in [2.75, 3.05) is 0 Å². The van der Waals surface area contributed by atoms with E-state index in [2.05, 4.69) is 12.2 Å². The molecule has 10 heteroatoms. The summed E-state index contributed by atoms with van der Waals surface area (Å²) in [6, 6.07) is 13.7. The fourth-order valence-corrected chi connectivity index (χ4v) is 7.55. The quantitative estimate of drug-likeness (QED) is 0.307. The van der Waals surface area contributed by atoms with E-state index in [1.807, 2.05) is 19.1 Å². The lowest BCUT2D eigenvalue weighted by Crippen LogP contribution is -2.43. The highest BCUT2D eigenvalue weighted by Crippen LogP contribution is 2.49. The largest absolute Gasteiger partial charge is 0.352 e. The first-order valence-electron chi connectivity index (χ1n) is 13.2. The number of nitrogens with zero attached hydrogens (tertiary/aromatic N) is 2. The predicted octanol–water partition coefficient (Wildman–Crippen LogP) is 3.71. The highest BCUT2D eigenvalue weighted by atomic mass is 32.2. The van der Waals surface area contributed by atoms with Gasteiger partial charge in [-0.05, 0) is 87.1 Å². The van der Waals surface area contributed by atoms with Crippen molar-refractivity contribution >= 4 is 38.6 Å². The maximum Gasteiger partial charge on any atom is 0.262 e. The van der Waals surface area contributed by atoms with Crippen LogP contribution >= 0.6 is 11.8 Å². The van der Waals surface area contributed by atoms with Gasteiger partial charge in [-0.3, -0.25) is 14.2 Å². The number of thioether (sulfide) groups is 1. The molecular weight excluding hydrogens is 520 g/mol. The molecule has 2 saturated carbocycles. The van der Waals surface area contributed by atoms with E-state index < -0.39 is 15.3 Å². The summed E-state index contributed by atoms with van der Waals surface area (Å²) in [5, 5.41) is 9.02. The first-order chi connectivity index (χ1) is 18.1. The maximum atomic E-state index is 13.4. The van der Waals surface area contributed by atoms with Crippen LogP contribution in [0.4, 0.5) is 0 Å². The minimum absolute atomic E-state index is 0.0431. The van der Waals surface area contributed by atoms with E-state index in [0.717, 1.165) is 17.4 Å². The fraction of sp³-hybridized carbons (Fsp3) is 0.464. The zero-order chi connectivity index (χ0) is 27.0. The topological polar surface area (TPSA) is 124 Å². The van der Waals surface area contributed by atoms with Crippen molar-refractivity contribution in [3.05, 3.63) is 64.4 Å². The molecule has 202 valence electrons. The number of rotatable bonds is 9. The highest BCUT2D eigenvalue weighted by molar-refractivity contribution is 8.00. The average molecular weight is 555 g/mol. The second-order valence-corrected chi connectivity index (χ2v) is 13.6. The Morgan fingerprint density at radius 3 is 2.53 bits per heavy atom. The lowest BCUT2D eigenvalue weighted by molar-refractivity contribution is -0.121. The minimum atomic E-state index is -3.77. The summed E-state index contributed by atoms with van der Waals surface area (Å²) in [5.41, 5.74) is 1.29. The van der Waals surface area contributed by atoms with E-state index in [1.54, 1.807) is 28.8 Å². The molecule has 1 aromatic heterocycles. The number of nitrogens with two attached hydrogens (primary N) is 1. The number of carbonyl (C=O) groups is 1. The summed E-state index contributed by atoms with van der Waals surface area (Å²) < 4.78 is 24.7. The summed E-state index contributed by atoms with van der Waals surface area (Å²) in [7, 11) is -3.77.